The minimum Gasteiger partial charge on any atom is -0.496 e. The van der Waals surface area contributed by atoms with Crippen molar-refractivity contribution in [3.63, 3.8) is 0 Å². The third kappa shape index (κ3) is 3.69. The highest BCUT2D eigenvalue weighted by Crippen LogP contribution is 2.26. The van der Waals surface area contributed by atoms with Gasteiger partial charge < -0.3 is 19.5 Å². The van der Waals surface area contributed by atoms with Gasteiger partial charge in [0.2, 0.25) is 0 Å². The fourth-order valence-electron chi connectivity index (χ4n) is 2.80. The average Bonchev–Trinajstić information content (AvgIpc) is 2.54. The number of nitrogens with zero attached hydrogens (tertiary/aromatic N) is 1. The number of rotatable bonds is 4. The zero-order valence-corrected chi connectivity index (χ0v) is 12.9. The molecule has 1 aromatic carbocycles. The Morgan fingerprint density at radius 1 is 1.27 bits per heavy atom. The fraction of sp³-hybridized carbons (Fsp3) is 0.500. The van der Waals surface area contributed by atoms with Gasteiger partial charge in [-0.2, -0.15) is 0 Å². The smallest absolute Gasteiger partial charge is 0.407 e. The van der Waals surface area contributed by atoms with Crippen molar-refractivity contribution in [1.29, 1.82) is 0 Å². The van der Waals surface area contributed by atoms with Crippen LogP contribution in [0.2, 0.25) is 0 Å². The van der Waals surface area contributed by atoms with Gasteiger partial charge in [0.05, 0.1) is 14.2 Å². The van der Waals surface area contributed by atoms with Crippen LogP contribution in [-0.4, -0.2) is 49.4 Å². The highest BCUT2D eigenvalue weighted by atomic mass is 16.5. The molecule has 1 saturated heterocycles. The molecule has 0 atom stereocenters. The van der Waals surface area contributed by atoms with Crippen LogP contribution in [0, 0.1) is 5.92 Å². The van der Waals surface area contributed by atoms with Crippen molar-refractivity contribution in [1.82, 2.24) is 4.90 Å². The van der Waals surface area contributed by atoms with E-state index in [9.17, 15) is 9.59 Å². The van der Waals surface area contributed by atoms with Gasteiger partial charge in [0.25, 0.3) is 0 Å². The molecule has 0 radical (unpaired) electrons. The van der Waals surface area contributed by atoms with Crippen molar-refractivity contribution >= 4 is 12.1 Å². The van der Waals surface area contributed by atoms with Crippen LogP contribution >= 0.6 is 0 Å². The molecule has 6 heteroatoms. The third-order valence-electron chi connectivity index (χ3n) is 4.08. The van der Waals surface area contributed by atoms with Gasteiger partial charge >= 0.3 is 12.1 Å². The van der Waals surface area contributed by atoms with E-state index in [1.54, 1.807) is 6.07 Å². The van der Waals surface area contributed by atoms with Gasteiger partial charge in [-0.15, -0.1) is 0 Å². The number of esters is 1. The normalized spacial score (nSPS) is 15.5. The van der Waals surface area contributed by atoms with E-state index in [-0.39, 0.29) is 0 Å². The van der Waals surface area contributed by atoms with Crippen LogP contribution in [-0.2, 0) is 11.2 Å². The van der Waals surface area contributed by atoms with Crippen LogP contribution in [0.15, 0.2) is 18.2 Å². The molecule has 0 unspecified atom stereocenters. The van der Waals surface area contributed by atoms with E-state index in [1.165, 1.54) is 19.1 Å². The molecular weight excluding hydrogens is 286 g/mol. The van der Waals surface area contributed by atoms with Crippen LogP contribution < -0.4 is 4.74 Å². The summed E-state index contributed by atoms with van der Waals surface area (Å²) in [6.45, 7) is 1.16. The number of likely N-dealkylation sites (tertiary alicyclic amines) is 1. The molecule has 0 saturated carbocycles. The van der Waals surface area contributed by atoms with Crippen LogP contribution in [0.4, 0.5) is 4.79 Å². The van der Waals surface area contributed by atoms with Crippen LogP contribution in [0.25, 0.3) is 0 Å². The standard InChI is InChI=1S/C16H21NO5/c1-21-14-10-12(3-4-13(14)15(18)22-2)9-11-5-7-17(8-6-11)16(19)20/h3-4,10-11H,5-9H2,1-2H3,(H,19,20). The molecule has 2 rings (SSSR count). The van der Waals surface area contributed by atoms with E-state index in [2.05, 4.69) is 0 Å². The maximum atomic E-state index is 11.6. The van der Waals surface area contributed by atoms with Crippen LogP contribution in [0.1, 0.15) is 28.8 Å². The molecule has 1 aliphatic heterocycles. The number of methoxy groups -OCH3 is 2. The van der Waals surface area contributed by atoms with Gasteiger partial charge in [-0.25, -0.2) is 9.59 Å². The Labute approximate surface area is 129 Å². The maximum Gasteiger partial charge on any atom is 0.407 e. The number of carbonyl (C=O) groups is 2. The lowest BCUT2D eigenvalue weighted by Crippen LogP contribution is -2.37. The van der Waals surface area contributed by atoms with E-state index < -0.39 is 12.1 Å². The first-order valence-electron chi connectivity index (χ1n) is 7.28. The molecule has 6 nitrogen and oxygen atoms in total. The number of ether oxygens (including phenoxy) is 2. The van der Waals surface area contributed by atoms with Gasteiger partial charge in [0, 0.05) is 13.1 Å². The van der Waals surface area contributed by atoms with Gasteiger partial charge in [-0.05, 0) is 42.9 Å². The summed E-state index contributed by atoms with van der Waals surface area (Å²) in [5, 5.41) is 8.95. The largest absolute Gasteiger partial charge is 0.496 e. The van der Waals surface area contributed by atoms with Crippen molar-refractivity contribution in [2.45, 2.75) is 19.3 Å². The highest BCUT2D eigenvalue weighted by molar-refractivity contribution is 5.92. The molecule has 1 aromatic rings. The number of amides is 1. The van der Waals surface area contributed by atoms with Crippen molar-refractivity contribution < 1.29 is 24.2 Å². The first kappa shape index (κ1) is 16.1. The van der Waals surface area contributed by atoms with Crippen LogP contribution in [0.5, 0.6) is 5.75 Å². The molecule has 0 aliphatic carbocycles. The Morgan fingerprint density at radius 3 is 2.50 bits per heavy atom. The second kappa shape index (κ2) is 7.15. The first-order valence-corrected chi connectivity index (χ1v) is 7.28. The molecular formula is C16H21NO5. The Hall–Kier alpha value is -2.24. The highest BCUT2D eigenvalue weighted by Gasteiger charge is 2.23. The lowest BCUT2D eigenvalue weighted by atomic mass is 9.90. The summed E-state index contributed by atoms with van der Waals surface area (Å²) in [5.74, 6) is 0.537. The summed E-state index contributed by atoms with van der Waals surface area (Å²) in [6, 6.07) is 5.47. The van der Waals surface area contributed by atoms with Gasteiger partial charge in [-0.3, -0.25) is 0 Å². The number of hydrogen-bond acceptors (Lipinski definition) is 4. The maximum absolute atomic E-state index is 11.6. The minimum absolute atomic E-state index is 0.412. The quantitative estimate of drug-likeness (QED) is 0.865. The number of piperidine rings is 1. The molecule has 120 valence electrons. The molecule has 1 N–H and O–H groups in total. The SMILES string of the molecule is COC(=O)c1ccc(CC2CCN(C(=O)O)CC2)cc1OC. The van der Waals surface area contributed by atoms with Gasteiger partial charge in [-0.1, -0.05) is 6.07 Å². The Bertz CT molecular complexity index is 549. The molecule has 0 spiro atoms. The lowest BCUT2D eigenvalue weighted by molar-refractivity contribution is 0.0597. The number of carbonyl (C=O) groups excluding carboxylic acids is 1. The summed E-state index contributed by atoms with van der Waals surface area (Å²) in [4.78, 5) is 24.0. The summed E-state index contributed by atoms with van der Waals surface area (Å²) in [7, 11) is 2.86. The van der Waals surface area contributed by atoms with Crippen molar-refractivity contribution in [3.8, 4) is 5.75 Å². The predicted molar refractivity (Wildman–Crippen MR) is 80.4 cm³/mol. The van der Waals surface area contributed by atoms with Gasteiger partial charge in [0.15, 0.2) is 0 Å². The number of benzene rings is 1. The molecule has 22 heavy (non-hydrogen) atoms. The second-order valence-electron chi connectivity index (χ2n) is 5.44. The first-order chi connectivity index (χ1) is 10.5. The minimum atomic E-state index is -0.845. The van der Waals surface area contributed by atoms with E-state index in [0.29, 0.717) is 30.3 Å². The Kier molecular flexibility index (Phi) is 5.25. The Morgan fingerprint density at radius 2 is 1.95 bits per heavy atom. The van der Waals surface area contributed by atoms with Crippen molar-refractivity contribution in [3.05, 3.63) is 29.3 Å². The molecule has 1 fully saturated rings. The van der Waals surface area contributed by atoms with Crippen molar-refractivity contribution in [2.24, 2.45) is 5.92 Å². The monoisotopic (exact) mass is 307 g/mol. The zero-order valence-electron chi connectivity index (χ0n) is 12.9. The fourth-order valence-corrected chi connectivity index (χ4v) is 2.80. The van der Waals surface area contributed by atoms with E-state index >= 15 is 0 Å². The third-order valence-corrected chi connectivity index (χ3v) is 4.08. The Balaban J connectivity index is 2.02. The molecule has 1 amide bonds. The molecule has 1 heterocycles. The van der Waals surface area contributed by atoms with Crippen molar-refractivity contribution in [2.75, 3.05) is 27.3 Å². The zero-order chi connectivity index (χ0) is 16.1. The summed E-state index contributed by atoms with van der Waals surface area (Å²) in [6.07, 6.45) is 1.72. The topological polar surface area (TPSA) is 76.1 Å². The molecule has 1 aliphatic rings. The van der Waals surface area contributed by atoms with E-state index in [1.807, 2.05) is 12.1 Å². The predicted octanol–water partition coefficient (Wildman–Crippen LogP) is 2.41. The second-order valence-corrected chi connectivity index (χ2v) is 5.44. The summed E-state index contributed by atoms with van der Waals surface area (Å²) < 4.78 is 9.98. The molecule has 0 bridgehead atoms. The van der Waals surface area contributed by atoms with Crippen LogP contribution in [0.3, 0.4) is 0 Å². The number of carboxylic acid groups (broad SMARTS) is 1. The molecule has 0 aromatic heterocycles. The van der Waals surface area contributed by atoms with E-state index in [0.717, 1.165) is 24.8 Å². The summed E-state index contributed by atoms with van der Waals surface area (Å²) >= 11 is 0. The van der Waals surface area contributed by atoms with Gasteiger partial charge in [0.1, 0.15) is 11.3 Å². The van der Waals surface area contributed by atoms with E-state index in [4.69, 9.17) is 14.6 Å². The summed E-state index contributed by atoms with van der Waals surface area (Å²) in [5.41, 5.74) is 1.49. The average molecular weight is 307 g/mol. The lowest BCUT2D eigenvalue weighted by Gasteiger charge is -2.30. The number of hydrogen-bond donors (Lipinski definition) is 1.